The molecule has 33 heavy (non-hydrogen) atoms. The van der Waals surface area contributed by atoms with Gasteiger partial charge in [0.05, 0.1) is 18.7 Å². The number of ether oxygens (including phenoxy) is 2. The van der Waals surface area contributed by atoms with Gasteiger partial charge in [-0.2, -0.15) is 0 Å². The average Bonchev–Trinajstić information content (AvgIpc) is 3.10. The molecule has 0 spiro atoms. The molecule has 1 fully saturated rings. The molecule has 1 amide bonds. The predicted molar refractivity (Wildman–Crippen MR) is 124 cm³/mol. The Balaban J connectivity index is 1.29. The van der Waals surface area contributed by atoms with E-state index in [1.54, 1.807) is 42.7 Å². The molecule has 5 rings (SSSR count). The van der Waals surface area contributed by atoms with E-state index < -0.39 is 0 Å². The number of carbonyl (C=O) groups is 1. The lowest BCUT2D eigenvalue weighted by Crippen LogP contribution is -2.36. The van der Waals surface area contributed by atoms with Crippen molar-refractivity contribution in [1.29, 1.82) is 0 Å². The maximum Gasteiger partial charge on any atom is 0.321 e. The summed E-state index contributed by atoms with van der Waals surface area (Å²) in [5, 5.41) is 1.12. The summed E-state index contributed by atoms with van der Waals surface area (Å²) in [5.74, 6) is 0.676. The van der Waals surface area contributed by atoms with Crippen LogP contribution in [-0.2, 0) is 11.2 Å². The highest BCUT2D eigenvalue weighted by molar-refractivity contribution is 5.94. The second kappa shape index (κ2) is 9.75. The molecule has 166 valence electrons. The van der Waals surface area contributed by atoms with Crippen LogP contribution in [0.15, 0.2) is 79.3 Å². The van der Waals surface area contributed by atoms with E-state index in [1.165, 1.54) is 0 Å². The van der Waals surface area contributed by atoms with Gasteiger partial charge in [0.2, 0.25) is 0 Å². The molecule has 0 N–H and O–H groups in total. The van der Waals surface area contributed by atoms with Gasteiger partial charge in [-0.15, -0.1) is 0 Å². The molecule has 1 aliphatic heterocycles. The van der Waals surface area contributed by atoms with Crippen LogP contribution in [0.3, 0.4) is 0 Å². The number of rotatable bonds is 5. The lowest BCUT2D eigenvalue weighted by atomic mass is 9.99. The lowest BCUT2D eigenvalue weighted by molar-refractivity contribution is 0.0737. The molecule has 2 aromatic heterocycles. The van der Waals surface area contributed by atoms with E-state index in [9.17, 15) is 4.79 Å². The van der Waals surface area contributed by atoms with Gasteiger partial charge in [0, 0.05) is 48.5 Å². The van der Waals surface area contributed by atoms with Gasteiger partial charge in [-0.05, 0) is 48.4 Å². The molecule has 0 saturated carbocycles. The fourth-order valence-corrected chi connectivity index (χ4v) is 4.07. The second-order valence-electron chi connectivity index (χ2n) is 8.09. The zero-order valence-corrected chi connectivity index (χ0v) is 18.1. The molecule has 2 aromatic carbocycles. The summed E-state index contributed by atoms with van der Waals surface area (Å²) in [7, 11) is 0. The predicted octanol–water partition coefficient (Wildman–Crippen LogP) is 4.15. The third-order valence-electron chi connectivity index (χ3n) is 5.63. The van der Waals surface area contributed by atoms with Gasteiger partial charge in [-0.1, -0.05) is 24.3 Å². The summed E-state index contributed by atoms with van der Waals surface area (Å²) >= 11 is 0. The Morgan fingerprint density at radius 1 is 1.03 bits per heavy atom. The third-order valence-corrected chi connectivity index (χ3v) is 5.63. The first-order valence-corrected chi connectivity index (χ1v) is 11.0. The van der Waals surface area contributed by atoms with Gasteiger partial charge in [0.1, 0.15) is 5.75 Å². The van der Waals surface area contributed by atoms with Crippen LogP contribution in [0, 0.1) is 5.92 Å². The van der Waals surface area contributed by atoms with Gasteiger partial charge in [0.15, 0.2) is 0 Å². The Bertz CT molecular complexity index is 1250. The maximum absolute atomic E-state index is 13.3. The van der Waals surface area contributed by atoms with Crippen molar-refractivity contribution in [2.24, 2.45) is 5.92 Å². The molecule has 4 aromatic rings. The molecule has 0 unspecified atom stereocenters. The number of pyridine rings is 1. The molecule has 1 aliphatic rings. The molecule has 0 bridgehead atoms. The largest absolute Gasteiger partial charge is 0.424 e. The molecule has 3 heterocycles. The Morgan fingerprint density at radius 3 is 2.82 bits per heavy atom. The normalized spacial score (nSPS) is 16.4. The van der Waals surface area contributed by atoms with E-state index in [0.29, 0.717) is 37.6 Å². The Kier molecular flexibility index (Phi) is 6.21. The third kappa shape index (κ3) is 5.15. The van der Waals surface area contributed by atoms with Gasteiger partial charge in [0.25, 0.3) is 5.91 Å². The number of carbonyl (C=O) groups excluding carboxylic acids is 1. The van der Waals surface area contributed by atoms with Crippen LogP contribution in [-0.4, -0.2) is 52.1 Å². The average molecular weight is 441 g/mol. The summed E-state index contributed by atoms with van der Waals surface area (Å²) < 4.78 is 11.5. The number of nitrogens with zero attached hydrogens (tertiary/aromatic N) is 4. The highest BCUT2D eigenvalue weighted by Crippen LogP contribution is 2.22. The first-order chi connectivity index (χ1) is 16.2. The lowest BCUT2D eigenvalue weighted by Gasteiger charge is -2.24. The minimum atomic E-state index is -0.0402. The van der Waals surface area contributed by atoms with Crippen molar-refractivity contribution in [2.45, 2.75) is 6.42 Å². The van der Waals surface area contributed by atoms with Crippen molar-refractivity contribution in [2.75, 3.05) is 26.3 Å². The number of para-hydroxylation sites is 1. The monoisotopic (exact) mass is 440 g/mol. The molecular weight excluding hydrogens is 416 g/mol. The first-order valence-electron chi connectivity index (χ1n) is 11.0. The van der Waals surface area contributed by atoms with Gasteiger partial charge >= 0.3 is 6.01 Å². The number of hydrogen-bond acceptors (Lipinski definition) is 6. The zero-order valence-electron chi connectivity index (χ0n) is 18.1. The smallest absolute Gasteiger partial charge is 0.321 e. The number of amides is 1. The van der Waals surface area contributed by atoms with Gasteiger partial charge in [-0.3, -0.25) is 9.78 Å². The van der Waals surface area contributed by atoms with Crippen LogP contribution in [0.25, 0.3) is 10.9 Å². The van der Waals surface area contributed by atoms with Crippen LogP contribution < -0.4 is 4.74 Å². The van der Waals surface area contributed by atoms with Crippen molar-refractivity contribution in [1.82, 2.24) is 19.9 Å². The first kappa shape index (κ1) is 21.0. The minimum absolute atomic E-state index is 0.0402. The Morgan fingerprint density at radius 2 is 1.91 bits per heavy atom. The van der Waals surface area contributed by atoms with Crippen LogP contribution in [0.4, 0.5) is 0 Å². The molecule has 0 aliphatic carbocycles. The van der Waals surface area contributed by atoms with E-state index >= 15 is 0 Å². The fraction of sp³-hybridized carbons (Fsp3) is 0.231. The molecule has 7 heteroatoms. The summed E-state index contributed by atoms with van der Waals surface area (Å²) in [6, 6.07) is 19.3. The maximum atomic E-state index is 13.3. The standard InChI is InChI=1S/C26H24N4O3/c31-25(22-6-3-7-23(15-22)33-26-27-9-4-10-28-26)30-11-12-32-18-20(17-30)13-19-14-21-5-1-2-8-24(21)29-16-19/h1-10,14-16,20H,11-13,17-18H2/t20-/m1/s1. The Labute approximate surface area is 192 Å². The molecular formula is C26H24N4O3. The van der Waals surface area contributed by atoms with Crippen molar-refractivity contribution in [3.8, 4) is 11.8 Å². The summed E-state index contributed by atoms with van der Waals surface area (Å²) in [6.07, 6.45) is 5.95. The van der Waals surface area contributed by atoms with E-state index in [4.69, 9.17) is 9.47 Å². The van der Waals surface area contributed by atoms with Crippen LogP contribution >= 0.6 is 0 Å². The minimum Gasteiger partial charge on any atom is -0.424 e. The van der Waals surface area contributed by atoms with Gasteiger partial charge in [-0.25, -0.2) is 9.97 Å². The number of fused-ring (bicyclic) bond motifs is 1. The van der Waals surface area contributed by atoms with Crippen LogP contribution in [0.1, 0.15) is 15.9 Å². The van der Waals surface area contributed by atoms with Crippen LogP contribution in [0.5, 0.6) is 11.8 Å². The topological polar surface area (TPSA) is 77.4 Å². The summed E-state index contributed by atoms with van der Waals surface area (Å²) in [6.45, 7) is 2.31. The molecule has 1 atom stereocenters. The van der Waals surface area contributed by atoms with E-state index in [1.807, 2.05) is 29.3 Å². The van der Waals surface area contributed by atoms with E-state index in [0.717, 1.165) is 22.9 Å². The highest BCUT2D eigenvalue weighted by atomic mass is 16.5. The van der Waals surface area contributed by atoms with Crippen LogP contribution in [0.2, 0.25) is 0 Å². The van der Waals surface area contributed by atoms with Crippen molar-refractivity contribution >= 4 is 16.8 Å². The SMILES string of the molecule is O=C(c1cccc(Oc2ncccn2)c1)N1CCOC[C@H](Cc2cnc3ccccc3c2)C1. The zero-order chi connectivity index (χ0) is 22.5. The summed E-state index contributed by atoms with van der Waals surface area (Å²) in [4.78, 5) is 27.9. The van der Waals surface area contributed by atoms with E-state index in [2.05, 4.69) is 27.1 Å². The van der Waals surface area contributed by atoms with Gasteiger partial charge < -0.3 is 14.4 Å². The summed E-state index contributed by atoms with van der Waals surface area (Å²) in [5.41, 5.74) is 2.70. The van der Waals surface area contributed by atoms with Crippen molar-refractivity contribution < 1.29 is 14.3 Å². The van der Waals surface area contributed by atoms with E-state index in [-0.39, 0.29) is 17.8 Å². The second-order valence-corrected chi connectivity index (χ2v) is 8.09. The molecule has 7 nitrogen and oxygen atoms in total. The number of benzene rings is 2. The fourth-order valence-electron chi connectivity index (χ4n) is 4.07. The molecule has 0 radical (unpaired) electrons. The Hall–Kier alpha value is -3.84. The number of hydrogen-bond donors (Lipinski definition) is 0. The van der Waals surface area contributed by atoms with Crippen molar-refractivity contribution in [3.05, 3.63) is 90.4 Å². The quantitative estimate of drug-likeness (QED) is 0.464. The number of aromatic nitrogens is 3. The van der Waals surface area contributed by atoms with Crippen molar-refractivity contribution in [3.63, 3.8) is 0 Å². The highest BCUT2D eigenvalue weighted by Gasteiger charge is 2.24. The molecule has 1 saturated heterocycles.